The van der Waals surface area contributed by atoms with Crippen molar-refractivity contribution >= 4 is 35.3 Å². The molecular weight excluding hydrogens is 380 g/mol. The molecule has 8 heteroatoms. The van der Waals surface area contributed by atoms with Crippen LogP contribution in [0.5, 0.6) is 0 Å². The Morgan fingerprint density at radius 1 is 1.17 bits per heavy atom. The van der Waals surface area contributed by atoms with Crippen LogP contribution in [-0.4, -0.2) is 31.1 Å². The Hall–Kier alpha value is -0.790. The van der Waals surface area contributed by atoms with E-state index in [1.54, 1.807) is 0 Å². The van der Waals surface area contributed by atoms with Crippen LogP contribution in [0.4, 0.5) is 13.2 Å². The average molecular weight is 397 g/mol. The van der Waals surface area contributed by atoms with Gasteiger partial charge < -0.3 is 5.32 Å². The van der Waals surface area contributed by atoms with E-state index in [4.69, 9.17) is 11.6 Å². The lowest BCUT2D eigenvalue weighted by molar-refractivity contribution is -0.138. The molecule has 1 saturated heterocycles. The summed E-state index contributed by atoms with van der Waals surface area (Å²) in [5.41, 5.74) is 0.506. The van der Waals surface area contributed by atoms with Crippen molar-refractivity contribution in [1.29, 1.82) is 0 Å². The van der Waals surface area contributed by atoms with E-state index in [2.05, 4.69) is 10.2 Å². The minimum atomic E-state index is -4.43. The highest BCUT2D eigenvalue weighted by molar-refractivity contribution is 7.08. The Morgan fingerprint density at radius 3 is 2.46 bits per heavy atom. The average Bonchev–Trinajstić information content (AvgIpc) is 3.03. The van der Waals surface area contributed by atoms with Crippen LogP contribution in [0.1, 0.15) is 22.7 Å². The van der Waals surface area contributed by atoms with E-state index >= 15 is 0 Å². The van der Waals surface area contributed by atoms with Crippen molar-refractivity contribution in [3.63, 3.8) is 0 Å². The lowest BCUT2D eigenvalue weighted by atomic mass is 9.94. The number of hydrogen-bond acceptors (Lipinski definition) is 3. The number of nitrogens with one attached hydrogen (secondary N) is 1. The van der Waals surface area contributed by atoms with E-state index in [1.807, 2.05) is 16.8 Å². The Balaban J connectivity index is 0.00000208. The van der Waals surface area contributed by atoms with Gasteiger partial charge in [0.15, 0.2) is 0 Å². The molecule has 1 aliphatic heterocycles. The highest BCUT2D eigenvalue weighted by Crippen LogP contribution is 2.40. The molecule has 2 aromatic rings. The molecule has 1 aliphatic rings. The summed E-state index contributed by atoms with van der Waals surface area (Å²) >= 11 is 7.31. The second-order valence-corrected chi connectivity index (χ2v) is 6.69. The van der Waals surface area contributed by atoms with Crippen molar-refractivity contribution < 1.29 is 13.2 Å². The first kappa shape index (κ1) is 19.5. The third-order valence-electron chi connectivity index (χ3n) is 3.99. The van der Waals surface area contributed by atoms with Crippen LogP contribution in [0.25, 0.3) is 0 Å². The minimum Gasteiger partial charge on any atom is -0.314 e. The molecule has 0 saturated carbocycles. The Morgan fingerprint density at radius 2 is 1.88 bits per heavy atom. The summed E-state index contributed by atoms with van der Waals surface area (Å²) < 4.78 is 40.5. The molecule has 0 unspecified atom stereocenters. The Labute approximate surface area is 154 Å². The van der Waals surface area contributed by atoms with Crippen LogP contribution >= 0.6 is 35.3 Å². The highest BCUT2D eigenvalue weighted by atomic mass is 35.5. The van der Waals surface area contributed by atoms with Crippen LogP contribution in [-0.2, 0) is 6.18 Å². The van der Waals surface area contributed by atoms with Crippen molar-refractivity contribution in [2.24, 2.45) is 0 Å². The lowest BCUT2D eigenvalue weighted by Gasteiger charge is -2.36. The van der Waals surface area contributed by atoms with Crippen LogP contribution < -0.4 is 5.32 Å². The number of hydrogen-bond donors (Lipinski definition) is 1. The third-order valence-corrected chi connectivity index (χ3v) is 4.93. The van der Waals surface area contributed by atoms with Gasteiger partial charge in [0.05, 0.1) is 11.6 Å². The van der Waals surface area contributed by atoms with Gasteiger partial charge in [-0.15, -0.1) is 12.4 Å². The number of benzene rings is 1. The standard InChI is InChI=1S/C16H16ClF3N2S.ClH/c17-12-1-2-13(14(9-12)16(18,19)20)15(11-3-8-23-10-11)22-6-4-21-5-7-22;/h1-3,8-10,15,21H,4-7H2;1H/t15-;/m0./s1. The molecule has 1 aromatic carbocycles. The topological polar surface area (TPSA) is 15.3 Å². The number of piperazine rings is 1. The quantitative estimate of drug-likeness (QED) is 0.798. The molecule has 0 amide bonds. The van der Waals surface area contributed by atoms with Crippen LogP contribution in [0.2, 0.25) is 5.02 Å². The monoisotopic (exact) mass is 396 g/mol. The highest BCUT2D eigenvalue weighted by Gasteiger charge is 2.37. The summed E-state index contributed by atoms with van der Waals surface area (Å²) in [7, 11) is 0. The molecule has 2 heterocycles. The summed E-state index contributed by atoms with van der Waals surface area (Å²) in [6, 6.07) is 5.56. The summed E-state index contributed by atoms with van der Waals surface area (Å²) in [6.07, 6.45) is -4.43. The van der Waals surface area contributed by atoms with E-state index in [1.165, 1.54) is 23.5 Å². The van der Waals surface area contributed by atoms with Crippen molar-refractivity contribution in [3.8, 4) is 0 Å². The maximum atomic E-state index is 13.5. The van der Waals surface area contributed by atoms with Gasteiger partial charge in [0.1, 0.15) is 0 Å². The van der Waals surface area contributed by atoms with Crippen molar-refractivity contribution in [3.05, 3.63) is 56.7 Å². The summed E-state index contributed by atoms with van der Waals surface area (Å²) in [4.78, 5) is 2.09. The molecule has 0 radical (unpaired) electrons. The van der Waals surface area contributed by atoms with E-state index in [0.717, 1.165) is 24.7 Å². The SMILES string of the molecule is Cl.FC(F)(F)c1cc(Cl)ccc1[C@H](c1ccsc1)N1CCNCC1. The molecule has 1 fully saturated rings. The van der Waals surface area contributed by atoms with Crippen molar-refractivity contribution in [2.45, 2.75) is 12.2 Å². The summed E-state index contributed by atoms with van der Waals surface area (Å²) in [6.45, 7) is 2.96. The number of thiophene rings is 1. The maximum absolute atomic E-state index is 13.5. The molecule has 1 N–H and O–H groups in total. The number of nitrogens with zero attached hydrogens (tertiary/aromatic N) is 1. The minimum absolute atomic E-state index is 0. The molecular formula is C16H17Cl2F3N2S. The van der Waals surface area contributed by atoms with Gasteiger partial charge in [-0.3, -0.25) is 4.90 Å². The third kappa shape index (κ3) is 4.24. The van der Waals surface area contributed by atoms with E-state index < -0.39 is 17.8 Å². The first-order valence-electron chi connectivity index (χ1n) is 7.30. The lowest BCUT2D eigenvalue weighted by Crippen LogP contribution is -2.45. The van der Waals surface area contributed by atoms with Gasteiger partial charge in [-0.25, -0.2) is 0 Å². The van der Waals surface area contributed by atoms with E-state index in [-0.39, 0.29) is 23.0 Å². The Bertz CT molecular complexity index is 656. The molecule has 2 nitrogen and oxygen atoms in total. The normalized spacial score (nSPS) is 17.3. The van der Waals surface area contributed by atoms with Crippen LogP contribution in [0.3, 0.4) is 0 Å². The molecule has 1 aromatic heterocycles. The zero-order chi connectivity index (χ0) is 16.4. The molecule has 0 aliphatic carbocycles. The number of alkyl halides is 3. The van der Waals surface area contributed by atoms with Gasteiger partial charge in [0, 0.05) is 31.2 Å². The zero-order valence-electron chi connectivity index (χ0n) is 12.6. The molecule has 0 spiro atoms. The van der Waals surface area contributed by atoms with Gasteiger partial charge in [-0.1, -0.05) is 17.7 Å². The smallest absolute Gasteiger partial charge is 0.314 e. The molecule has 24 heavy (non-hydrogen) atoms. The van der Waals surface area contributed by atoms with Gasteiger partial charge in [-0.2, -0.15) is 24.5 Å². The molecule has 0 bridgehead atoms. The van der Waals surface area contributed by atoms with Crippen molar-refractivity contribution in [1.82, 2.24) is 10.2 Å². The van der Waals surface area contributed by atoms with E-state index in [9.17, 15) is 13.2 Å². The Kier molecular flexibility index (Phi) is 6.56. The predicted molar refractivity (Wildman–Crippen MR) is 94.3 cm³/mol. The maximum Gasteiger partial charge on any atom is 0.416 e. The second-order valence-electron chi connectivity index (χ2n) is 5.47. The fourth-order valence-electron chi connectivity index (χ4n) is 2.97. The van der Waals surface area contributed by atoms with Gasteiger partial charge >= 0.3 is 6.18 Å². The zero-order valence-corrected chi connectivity index (χ0v) is 15.0. The largest absolute Gasteiger partial charge is 0.416 e. The molecule has 1 atom stereocenters. The summed E-state index contributed by atoms with van der Waals surface area (Å²) in [5.74, 6) is 0. The van der Waals surface area contributed by atoms with Gasteiger partial charge in [0.2, 0.25) is 0 Å². The van der Waals surface area contributed by atoms with Crippen LogP contribution in [0, 0.1) is 0 Å². The van der Waals surface area contributed by atoms with Crippen molar-refractivity contribution in [2.75, 3.05) is 26.2 Å². The van der Waals surface area contributed by atoms with Crippen LogP contribution in [0.15, 0.2) is 35.0 Å². The second kappa shape index (κ2) is 8.06. The number of halogens is 5. The fourth-order valence-corrected chi connectivity index (χ4v) is 3.82. The molecule has 3 rings (SSSR count). The number of rotatable bonds is 3. The van der Waals surface area contributed by atoms with E-state index in [0.29, 0.717) is 13.1 Å². The van der Waals surface area contributed by atoms with Gasteiger partial charge in [0.25, 0.3) is 0 Å². The first-order chi connectivity index (χ1) is 11.0. The van der Waals surface area contributed by atoms with Gasteiger partial charge in [-0.05, 0) is 40.1 Å². The predicted octanol–water partition coefficient (Wildman–Crippen LogP) is 4.84. The summed E-state index contributed by atoms with van der Waals surface area (Å²) in [5, 5.41) is 7.15. The fraction of sp³-hybridized carbons (Fsp3) is 0.375. The first-order valence-corrected chi connectivity index (χ1v) is 8.62. The molecule has 132 valence electrons.